The molecule has 0 unspecified atom stereocenters. The molecule has 2 rings (SSSR count). The van der Waals surface area contributed by atoms with Crippen molar-refractivity contribution in [3.63, 3.8) is 0 Å². The standard InChI is InChI=1S/C16H15F2N3O6/c1-19(12-5-4-11(20(22)23)8-13(12)21(24)25)9-10-3-6-14(27-16(17)18)15(7-10)26-2/h3-8,16H,9H2,1-2H3. The van der Waals surface area contributed by atoms with E-state index in [-0.39, 0.29) is 23.7 Å². The smallest absolute Gasteiger partial charge is 0.387 e. The second-order valence-corrected chi connectivity index (χ2v) is 5.41. The maximum Gasteiger partial charge on any atom is 0.387 e. The molecule has 0 radical (unpaired) electrons. The Kier molecular flexibility index (Phi) is 6.06. The van der Waals surface area contributed by atoms with Crippen LogP contribution in [0.15, 0.2) is 36.4 Å². The number of ether oxygens (including phenoxy) is 2. The third kappa shape index (κ3) is 4.77. The average Bonchev–Trinajstić information content (AvgIpc) is 2.61. The molecule has 11 heteroatoms. The van der Waals surface area contributed by atoms with Crippen molar-refractivity contribution in [1.82, 2.24) is 0 Å². The fourth-order valence-electron chi connectivity index (χ4n) is 2.46. The topological polar surface area (TPSA) is 108 Å². The van der Waals surface area contributed by atoms with Crippen LogP contribution in [-0.2, 0) is 6.54 Å². The molecule has 0 heterocycles. The molecular weight excluding hydrogens is 368 g/mol. The van der Waals surface area contributed by atoms with Gasteiger partial charge in [0, 0.05) is 19.7 Å². The summed E-state index contributed by atoms with van der Waals surface area (Å²) in [6.07, 6.45) is 0. The van der Waals surface area contributed by atoms with E-state index in [9.17, 15) is 29.0 Å². The van der Waals surface area contributed by atoms with Gasteiger partial charge in [0.15, 0.2) is 11.5 Å². The monoisotopic (exact) mass is 383 g/mol. The van der Waals surface area contributed by atoms with Gasteiger partial charge in [-0.3, -0.25) is 20.2 Å². The molecule has 2 aromatic carbocycles. The summed E-state index contributed by atoms with van der Waals surface area (Å²) in [6.45, 7) is -2.85. The van der Waals surface area contributed by atoms with Gasteiger partial charge in [0.05, 0.1) is 23.0 Å². The fourth-order valence-corrected chi connectivity index (χ4v) is 2.46. The van der Waals surface area contributed by atoms with Gasteiger partial charge in [-0.2, -0.15) is 8.78 Å². The van der Waals surface area contributed by atoms with E-state index in [2.05, 4.69) is 4.74 Å². The molecule has 0 atom stereocenters. The fraction of sp³-hybridized carbons (Fsp3) is 0.250. The van der Waals surface area contributed by atoms with Gasteiger partial charge < -0.3 is 14.4 Å². The normalized spacial score (nSPS) is 10.6. The van der Waals surface area contributed by atoms with Crippen LogP contribution in [0.1, 0.15) is 5.56 Å². The van der Waals surface area contributed by atoms with Gasteiger partial charge in [0.2, 0.25) is 0 Å². The molecule has 2 aromatic rings. The van der Waals surface area contributed by atoms with E-state index in [1.165, 1.54) is 42.3 Å². The Morgan fingerprint density at radius 1 is 1.07 bits per heavy atom. The molecule has 9 nitrogen and oxygen atoms in total. The van der Waals surface area contributed by atoms with Crippen LogP contribution in [0.2, 0.25) is 0 Å². The van der Waals surface area contributed by atoms with Crippen molar-refractivity contribution >= 4 is 17.1 Å². The number of anilines is 1. The van der Waals surface area contributed by atoms with Crippen LogP contribution in [-0.4, -0.2) is 30.6 Å². The van der Waals surface area contributed by atoms with E-state index >= 15 is 0 Å². The van der Waals surface area contributed by atoms with E-state index in [0.29, 0.717) is 5.56 Å². The first-order chi connectivity index (χ1) is 12.7. The number of nitro groups is 2. The number of rotatable bonds is 8. The van der Waals surface area contributed by atoms with Crippen LogP contribution >= 0.6 is 0 Å². The van der Waals surface area contributed by atoms with Crippen molar-refractivity contribution < 1.29 is 28.1 Å². The lowest BCUT2D eigenvalue weighted by Crippen LogP contribution is -2.18. The number of nitro benzene ring substituents is 2. The maximum absolute atomic E-state index is 12.4. The Balaban J connectivity index is 2.30. The first-order valence-electron chi connectivity index (χ1n) is 7.48. The number of non-ortho nitro benzene ring substituents is 1. The summed E-state index contributed by atoms with van der Waals surface area (Å²) in [6, 6.07) is 7.60. The molecule has 0 aliphatic carbocycles. The molecule has 27 heavy (non-hydrogen) atoms. The van der Waals surface area contributed by atoms with E-state index in [1.807, 2.05) is 0 Å². The molecule has 0 aliphatic rings. The summed E-state index contributed by atoms with van der Waals surface area (Å²) in [4.78, 5) is 22.1. The highest BCUT2D eigenvalue weighted by atomic mass is 19.3. The largest absolute Gasteiger partial charge is 0.493 e. The van der Waals surface area contributed by atoms with Gasteiger partial charge in [-0.25, -0.2) is 0 Å². The average molecular weight is 383 g/mol. The molecule has 144 valence electrons. The van der Waals surface area contributed by atoms with Gasteiger partial charge in [-0.1, -0.05) is 6.07 Å². The Morgan fingerprint density at radius 3 is 2.33 bits per heavy atom. The zero-order chi connectivity index (χ0) is 20.1. The predicted molar refractivity (Wildman–Crippen MR) is 91.5 cm³/mol. The predicted octanol–water partition coefficient (Wildman–Crippen LogP) is 3.75. The van der Waals surface area contributed by atoms with Gasteiger partial charge in [-0.05, 0) is 23.8 Å². The van der Waals surface area contributed by atoms with E-state index in [4.69, 9.17) is 4.74 Å². The lowest BCUT2D eigenvalue weighted by atomic mass is 10.1. The number of halogens is 2. The molecule has 0 saturated heterocycles. The second kappa shape index (κ2) is 8.25. The van der Waals surface area contributed by atoms with Crippen molar-refractivity contribution in [2.45, 2.75) is 13.2 Å². The molecule has 0 bridgehead atoms. The minimum absolute atomic E-state index is 0.0828. The molecule has 0 N–H and O–H groups in total. The van der Waals surface area contributed by atoms with Gasteiger partial charge >= 0.3 is 6.61 Å². The summed E-state index contributed by atoms with van der Waals surface area (Å²) >= 11 is 0. The SMILES string of the molecule is COc1cc(CN(C)c2ccc([N+](=O)[O-])cc2[N+](=O)[O-])ccc1OC(F)F. The second-order valence-electron chi connectivity index (χ2n) is 5.41. The molecule has 0 amide bonds. The van der Waals surface area contributed by atoms with Crippen LogP contribution < -0.4 is 14.4 Å². The molecule has 0 aliphatic heterocycles. The van der Waals surface area contributed by atoms with Crippen LogP contribution in [0, 0.1) is 20.2 Å². The highest BCUT2D eigenvalue weighted by molar-refractivity contribution is 5.66. The number of hydrogen-bond donors (Lipinski definition) is 0. The zero-order valence-corrected chi connectivity index (χ0v) is 14.3. The van der Waals surface area contributed by atoms with Crippen molar-refractivity contribution in [2.24, 2.45) is 0 Å². The van der Waals surface area contributed by atoms with Gasteiger partial charge in [-0.15, -0.1) is 0 Å². The molecular formula is C16H15F2N3O6. The minimum atomic E-state index is -3.00. The Bertz CT molecular complexity index is 862. The summed E-state index contributed by atoms with van der Waals surface area (Å²) in [5, 5.41) is 22.1. The number of benzene rings is 2. The summed E-state index contributed by atoms with van der Waals surface area (Å²) in [7, 11) is 2.85. The van der Waals surface area contributed by atoms with Gasteiger partial charge in [0.1, 0.15) is 5.69 Å². The summed E-state index contributed by atoms with van der Waals surface area (Å²) < 4.78 is 34.1. The van der Waals surface area contributed by atoms with Crippen molar-refractivity contribution in [3.05, 3.63) is 62.2 Å². The van der Waals surface area contributed by atoms with E-state index in [0.717, 1.165) is 6.07 Å². The van der Waals surface area contributed by atoms with Gasteiger partial charge in [0.25, 0.3) is 11.4 Å². The maximum atomic E-state index is 12.4. The quantitative estimate of drug-likeness (QED) is 0.504. The molecule has 0 fully saturated rings. The number of alkyl halides is 2. The van der Waals surface area contributed by atoms with Crippen molar-refractivity contribution in [3.8, 4) is 11.5 Å². The Labute approximate surface area is 152 Å². The number of methoxy groups -OCH3 is 1. The van der Waals surface area contributed by atoms with Crippen LogP contribution in [0.5, 0.6) is 11.5 Å². The highest BCUT2D eigenvalue weighted by Crippen LogP contribution is 2.34. The summed E-state index contributed by atoms with van der Waals surface area (Å²) in [5.41, 5.74) is -0.0496. The minimum Gasteiger partial charge on any atom is -0.493 e. The van der Waals surface area contributed by atoms with E-state index < -0.39 is 27.8 Å². The number of hydrogen-bond acceptors (Lipinski definition) is 7. The lowest BCUT2D eigenvalue weighted by Gasteiger charge is -2.20. The third-order valence-electron chi connectivity index (χ3n) is 3.64. The van der Waals surface area contributed by atoms with Crippen LogP contribution in [0.3, 0.4) is 0 Å². The van der Waals surface area contributed by atoms with Crippen LogP contribution in [0.4, 0.5) is 25.8 Å². The first-order valence-corrected chi connectivity index (χ1v) is 7.48. The lowest BCUT2D eigenvalue weighted by molar-refractivity contribution is -0.393. The Morgan fingerprint density at radius 2 is 1.78 bits per heavy atom. The number of nitrogens with zero attached hydrogens (tertiary/aromatic N) is 3. The molecule has 0 aromatic heterocycles. The Hall–Kier alpha value is -3.50. The highest BCUT2D eigenvalue weighted by Gasteiger charge is 2.22. The third-order valence-corrected chi connectivity index (χ3v) is 3.64. The van der Waals surface area contributed by atoms with Crippen molar-refractivity contribution in [2.75, 3.05) is 19.1 Å². The first kappa shape index (κ1) is 19.8. The molecule has 0 spiro atoms. The van der Waals surface area contributed by atoms with Crippen LogP contribution in [0.25, 0.3) is 0 Å². The van der Waals surface area contributed by atoms with Crippen molar-refractivity contribution in [1.29, 1.82) is 0 Å². The molecule has 0 saturated carbocycles. The zero-order valence-electron chi connectivity index (χ0n) is 14.3. The summed E-state index contributed by atoms with van der Waals surface area (Å²) in [5.74, 6) is -0.0559. The van der Waals surface area contributed by atoms with E-state index in [1.54, 1.807) is 7.05 Å².